The fourth-order valence-corrected chi connectivity index (χ4v) is 3.64. The van der Waals surface area contributed by atoms with Gasteiger partial charge in [0.1, 0.15) is 0 Å². The van der Waals surface area contributed by atoms with Gasteiger partial charge in [-0.25, -0.2) is 0 Å². The van der Waals surface area contributed by atoms with E-state index in [1.165, 1.54) is 43.3 Å². The number of aromatic nitrogens is 1. The number of aromatic amines is 1. The summed E-state index contributed by atoms with van der Waals surface area (Å²) in [4.78, 5) is 13.0. The third-order valence-electron chi connectivity index (χ3n) is 3.97. The predicted molar refractivity (Wildman–Crippen MR) is 104 cm³/mol. The molecule has 0 fully saturated rings. The molecule has 3 rings (SSSR count). The van der Waals surface area contributed by atoms with Gasteiger partial charge >= 0.3 is 0 Å². The SMILES string of the molecule is CC(CN)OS(=O)(=O)c1ccc2[nH]c(O)c(N=Nc3ccccc3[N+](=O)[O-])c2c1. The van der Waals surface area contributed by atoms with Gasteiger partial charge in [0.15, 0.2) is 11.4 Å². The van der Waals surface area contributed by atoms with E-state index in [0.717, 1.165) is 0 Å². The van der Waals surface area contributed by atoms with Gasteiger partial charge in [-0.05, 0) is 31.2 Å². The van der Waals surface area contributed by atoms with Gasteiger partial charge in [-0.15, -0.1) is 10.2 Å². The largest absolute Gasteiger partial charge is 0.493 e. The number of hydrogen-bond acceptors (Lipinski definition) is 9. The van der Waals surface area contributed by atoms with Crippen molar-refractivity contribution in [1.82, 2.24) is 4.98 Å². The summed E-state index contributed by atoms with van der Waals surface area (Å²) in [5, 5.41) is 29.2. The average Bonchev–Trinajstić information content (AvgIpc) is 3.00. The third-order valence-corrected chi connectivity index (χ3v) is 5.38. The number of aromatic hydroxyl groups is 1. The minimum Gasteiger partial charge on any atom is -0.493 e. The number of nitrogens with two attached hydrogens (primary N) is 1. The van der Waals surface area contributed by atoms with Gasteiger partial charge in [-0.3, -0.25) is 14.3 Å². The number of nitrogens with one attached hydrogen (secondary N) is 1. The van der Waals surface area contributed by atoms with E-state index in [9.17, 15) is 23.6 Å². The molecule has 152 valence electrons. The van der Waals surface area contributed by atoms with Crippen molar-refractivity contribution in [1.29, 1.82) is 0 Å². The van der Waals surface area contributed by atoms with E-state index in [-0.39, 0.29) is 39.8 Å². The summed E-state index contributed by atoms with van der Waals surface area (Å²) in [6, 6.07) is 9.70. The fourth-order valence-electron chi connectivity index (χ4n) is 2.52. The van der Waals surface area contributed by atoms with Crippen LogP contribution in [0, 0.1) is 10.1 Å². The molecule has 11 nitrogen and oxygen atoms in total. The zero-order chi connectivity index (χ0) is 21.2. The molecule has 29 heavy (non-hydrogen) atoms. The minimum atomic E-state index is -4.09. The number of azo groups is 1. The molecular formula is C17H17N5O6S. The molecule has 0 spiro atoms. The van der Waals surface area contributed by atoms with Gasteiger partial charge in [0.25, 0.3) is 15.8 Å². The van der Waals surface area contributed by atoms with Crippen LogP contribution >= 0.6 is 0 Å². The number of nitro benzene ring substituents is 1. The first-order valence-electron chi connectivity index (χ1n) is 8.36. The van der Waals surface area contributed by atoms with Crippen LogP contribution in [-0.2, 0) is 14.3 Å². The van der Waals surface area contributed by atoms with Gasteiger partial charge in [0, 0.05) is 18.0 Å². The Hall–Kier alpha value is -3.35. The lowest BCUT2D eigenvalue weighted by molar-refractivity contribution is -0.384. The fraction of sp³-hybridized carbons (Fsp3) is 0.176. The van der Waals surface area contributed by atoms with Crippen molar-refractivity contribution in [3.63, 3.8) is 0 Å². The quantitative estimate of drug-likeness (QED) is 0.228. The molecule has 12 heteroatoms. The van der Waals surface area contributed by atoms with E-state index in [1.807, 2.05) is 0 Å². The van der Waals surface area contributed by atoms with Crippen LogP contribution in [0.2, 0.25) is 0 Å². The number of para-hydroxylation sites is 1. The first kappa shape index (κ1) is 20.4. The van der Waals surface area contributed by atoms with Gasteiger partial charge in [-0.1, -0.05) is 12.1 Å². The lowest BCUT2D eigenvalue weighted by Crippen LogP contribution is -2.23. The molecule has 1 heterocycles. The van der Waals surface area contributed by atoms with Gasteiger partial charge < -0.3 is 15.8 Å². The Bertz CT molecular complexity index is 1200. The summed E-state index contributed by atoms with van der Waals surface area (Å²) in [7, 11) is -4.09. The minimum absolute atomic E-state index is 0.0156. The van der Waals surface area contributed by atoms with Crippen molar-refractivity contribution in [2.24, 2.45) is 16.0 Å². The molecule has 0 saturated heterocycles. The third kappa shape index (κ3) is 4.23. The Morgan fingerprint density at radius 3 is 2.69 bits per heavy atom. The molecule has 3 aromatic rings. The van der Waals surface area contributed by atoms with Crippen LogP contribution < -0.4 is 5.73 Å². The number of nitro groups is 1. The maximum atomic E-state index is 12.4. The van der Waals surface area contributed by atoms with Crippen molar-refractivity contribution < 1.29 is 22.6 Å². The first-order valence-corrected chi connectivity index (χ1v) is 9.77. The number of nitrogens with zero attached hydrogens (tertiary/aromatic N) is 3. The lowest BCUT2D eigenvalue weighted by atomic mass is 10.2. The van der Waals surface area contributed by atoms with Crippen molar-refractivity contribution in [2.45, 2.75) is 17.9 Å². The van der Waals surface area contributed by atoms with Crippen LogP contribution in [0.4, 0.5) is 17.1 Å². The Morgan fingerprint density at radius 2 is 2.00 bits per heavy atom. The highest BCUT2D eigenvalue weighted by Crippen LogP contribution is 2.38. The van der Waals surface area contributed by atoms with Crippen molar-refractivity contribution in [3.05, 3.63) is 52.6 Å². The summed E-state index contributed by atoms with van der Waals surface area (Å²) in [5.41, 5.74) is 5.45. The molecule has 1 aromatic heterocycles. The van der Waals surface area contributed by atoms with E-state index in [2.05, 4.69) is 15.2 Å². The number of H-pyrrole nitrogens is 1. The first-order chi connectivity index (χ1) is 13.7. The summed E-state index contributed by atoms with van der Waals surface area (Å²) in [5.74, 6) is -0.367. The van der Waals surface area contributed by atoms with E-state index in [4.69, 9.17) is 9.92 Å². The smallest absolute Gasteiger partial charge is 0.297 e. The monoisotopic (exact) mass is 419 g/mol. The van der Waals surface area contributed by atoms with E-state index in [1.54, 1.807) is 6.07 Å². The van der Waals surface area contributed by atoms with Gasteiger partial charge in [-0.2, -0.15) is 8.42 Å². The summed E-state index contributed by atoms with van der Waals surface area (Å²) in [6.45, 7) is 1.53. The zero-order valence-corrected chi connectivity index (χ0v) is 16.0. The molecule has 0 saturated carbocycles. The molecule has 0 radical (unpaired) electrons. The van der Waals surface area contributed by atoms with Crippen molar-refractivity contribution in [3.8, 4) is 5.88 Å². The Balaban J connectivity index is 2.06. The van der Waals surface area contributed by atoms with Crippen molar-refractivity contribution in [2.75, 3.05) is 6.54 Å². The molecule has 1 unspecified atom stereocenters. The highest BCUT2D eigenvalue weighted by Gasteiger charge is 2.21. The van der Waals surface area contributed by atoms with Crippen molar-refractivity contribution >= 4 is 38.1 Å². The maximum absolute atomic E-state index is 12.4. The second kappa shape index (κ2) is 7.95. The molecule has 0 aliphatic carbocycles. The predicted octanol–water partition coefficient (Wildman–Crippen LogP) is 3.25. The van der Waals surface area contributed by atoms with Crippen LogP contribution in [0.1, 0.15) is 6.92 Å². The van der Waals surface area contributed by atoms with E-state index < -0.39 is 21.1 Å². The lowest BCUT2D eigenvalue weighted by Gasteiger charge is -2.10. The van der Waals surface area contributed by atoms with Crippen LogP contribution in [0.25, 0.3) is 10.9 Å². The average molecular weight is 419 g/mol. The summed E-state index contributed by atoms with van der Waals surface area (Å²) < 4.78 is 29.8. The Morgan fingerprint density at radius 1 is 1.28 bits per heavy atom. The second-order valence-corrected chi connectivity index (χ2v) is 7.64. The summed E-state index contributed by atoms with van der Waals surface area (Å²) in [6.07, 6.45) is -0.715. The van der Waals surface area contributed by atoms with Gasteiger partial charge in [0.05, 0.1) is 21.4 Å². The van der Waals surface area contributed by atoms with Crippen LogP contribution in [0.15, 0.2) is 57.6 Å². The Kier molecular flexibility index (Phi) is 5.59. The molecule has 1 atom stereocenters. The van der Waals surface area contributed by atoms with Gasteiger partial charge in [0.2, 0.25) is 5.88 Å². The Labute approximate surface area is 165 Å². The molecule has 0 bridgehead atoms. The molecule has 0 aliphatic rings. The van der Waals surface area contributed by atoms with Crippen LogP contribution in [0.5, 0.6) is 5.88 Å². The number of hydrogen-bond donors (Lipinski definition) is 3. The van der Waals surface area contributed by atoms with Crippen LogP contribution in [0.3, 0.4) is 0 Å². The number of fused-ring (bicyclic) bond motifs is 1. The molecule has 0 amide bonds. The number of benzene rings is 2. The normalized spacial score (nSPS) is 13.2. The second-order valence-electron chi connectivity index (χ2n) is 6.07. The standard InChI is InChI=1S/C17H17N5O6S/c1-10(9-18)28-29(26,27)11-6-7-13-12(8-11)16(17(23)19-13)21-20-14-4-2-3-5-15(14)22(24)25/h2-8,10,19,23H,9,18H2,1H3. The topological polar surface area (TPSA) is 173 Å². The molecule has 2 aromatic carbocycles. The van der Waals surface area contributed by atoms with E-state index in [0.29, 0.717) is 5.52 Å². The maximum Gasteiger partial charge on any atom is 0.297 e. The molecule has 4 N–H and O–H groups in total. The summed E-state index contributed by atoms with van der Waals surface area (Å²) >= 11 is 0. The highest BCUT2D eigenvalue weighted by molar-refractivity contribution is 7.86. The van der Waals surface area contributed by atoms with Crippen LogP contribution in [-0.4, -0.2) is 36.1 Å². The molecular weight excluding hydrogens is 402 g/mol. The zero-order valence-electron chi connectivity index (χ0n) is 15.1. The number of rotatable bonds is 7. The highest BCUT2D eigenvalue weighted by atomic mass is 32.2. The molecule has 0 aliphatic heterocycles. The van der Waals surface area contributed by atoms with E-state index >= 15 is 0 Å².